The van der Waals surface area contributed by atoms with E-state index in [1.807, 2.05) is 12.2 Å². The molecule has 0 bridgehead atoms. The zero-order valence-corrected chi connectivity index (χ0v) is 10.7. The summed E-state index contributed by atoms with van der Waals surface area (Å²) in [5, 5.41) is 0. The molecule has 0 atom stereocenters. The van der Waals surface area contributed by atoms with Crippen LogP contribution in [0.3, 0.4) is 0 Å². The lowest BCUT2D eigenvalue weighted by atomic mass is 9.84. The fourth-order valence-electron chi connectivity index (χ4n) is 2.39. The van der Waals surface area contributed by atoms with Crippen molar-refractivity contribution in [1.29, 1.82) is 0 Å². The van der Waals surface area contributed by atoms with Crippen molar-refractivity contribution < 1.29 is 14.3 Å². The van der Waals surface area contributed by atoms with E-state index in [-0.39, 0.29) is 11.3 Å². The summed E-state index contributed by atoms with van der Waals surface area (Å²) in [6.07, 6.45) is 5.80. The second-order valence-corrected chi connectivity index (χ2v) is 5.85. The van der Waals surface area contributed by atoms with Crippen LogP contribution < -0.4 is 0 Å². The quantitative estimate of drug-likeness (QED) is 0.608. The Morgan fingerprint density at radius 1 is 1.35 bits per heavy atom. The summed E-state index contributed by atoms with van der Waals surface area (Å²) in [7, 11) is 0. The lowest BCUT2D eigenvalue weighted by molar-refractivity contribution is -0.134. The average molecular weight is 237 g/mol. The smallest absolute Gasteiger partial charge is 0.417 e. The molecule has 0 radical (unpaired) electrons. The molecule has 1 fully saturated rings. The molecule has 1 spiro atoms. The van der Waals surface area contributed by atoms with Crippen molar-refractivity contribution in [1.82, 2.24) is 4.90 Å². The van der Waals surface area contributed by atoms with Crippen molar-refractivity contribution in [2.75, 3.05) is 6.54 Å². The fraction of sp³-hybridized carbons (Fsp3) is 0.692. The number of hydrogen-bond acceptors (Lipinski definition) is 3. The van der Waals surface area contributed by atoms with Crippen molar-refractivity contribution in [3.8, 4) is 0 Å². The Kier molecular flexibility index (Phi) is 2.76. The van der Waals surface area contributed by atoms with Gasteiger partial charge < -0.3 is 4.74 Å². The number of amides is 2. The van der Waals surface area contributed by atoms with Crippen molar-refractivity contribution >= 4 is 12.0 Å². The van der Waals surface area contributed by atoms with Gasteiger partial charge in [0.15, 0.2) is 0 Å². The molecule has 2 amide bonds. The van der Waals surface area contributed by atoms with Crippen LogP contribution in [-0.4, -0.2) is 29.0 Å². The maximum atomic E-state index is 12.2. The summed E-state index contributed by atoms with van der Waals surface area (Å²) in [5.74, 6) is -0.0725. The number of nitrogens with zero attached hydrogens (tertiary/aromatic N) is 1. The minimum absolute atomic E-state index is 0.0725. The van der Waals surface area contributed by atoms with E-state index in [2.05, 4.69) is 0 Å². The first-order valence-electron chi connectivity index (χ1n) is 6.04. The molecule has 17 heavy (non-hydrogen) atoms. The number of carbonyl (C=O) groups is 2. The molecule has 0 aromatic carbocycles. The van der Waals surface area contributed by atoms with Gasteiger partial charge in [-0.1, -0.05) is 12.2 Å². The van der Waals surface area contributed by atoms with Crippen LogP contribution >= 0.6 is 0 Å². The van der Waals surface area contributed by atoms with Crippen LogP contribution in [0.1, 0.15) is 40.0 Å². The van der Waals surface area contributed by atoms with Crippen molar-refractivity contribution in [2.24, 2.45) is 5.41 Å². The highest BCUT2D eigenvalue weighted by molar-refractivity contribution is 5.97. The minimum Gasteiger partial charge on any atom is -0.443 e. The third kappa shape index (κ3) is 2.21. The number of hydrogen-bond donors (Lipinski definition) is 0. The van der Waals surface area contributed by atoms with Crippen LogP contribution in [-0.2, 0) is 9.53 Å². The van der Waals surface area contributed by atoms with Crippen molar-refractivity contribution in [2.45, 2.75) is 45.6 Å². The van der Waals surface area contributed by atoms with Gasteiger partial charge >= 0.3 is 6.09 Å². The first-order valence-corrected chi connectivity index (χ1v) is 6.04. The largest absolute Gasteiger partial charge is 0.443 e. The van der Waals surface area contributed by atoms with Crippen LogP contribution in [0.25, 0.3) is 0 Å². The molecule has 2 aliphatic rings. The average Bonchev–Trinajstić information content (AvgIpc) is 2.75. The summed E-state index contributed by atoms with van der Waals surface area (Å²) in [6, 6.07) is 0. The number of carbonyl (C=O) groups excluding carboxylic acids is 2. The van der Waals surface area contributed by atoms with E-state index < -0.39 is 11.7 Å². The third-order valence-electron chi connectivity index (χ3n) is 3.31. The summed E-state index contributed by atoms with van der Waals surface area (Å²) < 4.78 is 5.24. The molecule has 1 heterocycles. The maximum Gasteiger partial charge on any atom is 0.417 e. The van der Waals surface area contributed by atoms with Crippen LogP contribution in [0.15, 0.2) is 12.2 Å². The molecule has 4 heteroatoms. The van der Waals surface area contributed by atoms with Gasteiger partial charge in [0.05, 0.1) is 5.41 Å². The van der Waals surface area contributed by atoms with E-state index in [4.69, 9.17) is 4.74 Å². The Balaban J connectivity index is 2.05. The Hall–Kier alpha value is -1.32. The van der Waals surface area contributed by atoms with E-state index in [0.29, 0.717) is 6.54 Å². The predicted molar refractivity (Wildman–Crippen MR) is 63.4 cm³/mol. The van der Waals surface area contributed by atoms with Crippen LogP contribution in [0.2, 0.25) is 0 Å². The highest BCUT2D eigenvalue weighted by Gasteiger charge is 2.49. The second-order valence-electron chi connectivity index (χ2n) is 5.85. The van der Waals surface area contributed by atoms with Gasteiger partial charge in [-0.2, -0.15) is 0 Å². The monoisotopic (exact) mass is 237 g/mol. The molecule has 0 saturated carbocycles. The standard InChI is InChI=1S/C13H19NO3/c1-12(2,3)17-11(16)14-9-8-13(10(14)15)6-4-5-7-13/h4-5H,6-9H2,1-3H3. The van der Waals surface area contributed by atoms with Crippen molar-refractivity contribution in [3.05, 3.63) is 12.2 Å². The normalized spacial score (nSPS) is 22.5. The van der Waals surface area contributed by atoms with Gasteiger partial charge in [-0.15, -0.1) is 0 Å². The van der Waals surface area contributed by atoms with Gasteiger partial charge in [-0.05, 0) is 40.0 Å². The molecule has 0 unspecified atom stereocenters. The summed E-state index contributed by atoms with van der Waals surface area (Å²) >= 11 is 0. The minimum atomic E-state index is -0.555. The van der Waals surface area contributed by atoms with Gasteiger partial charge in [-0.3, -0.25) is 4.79 Å². The van der Waals surface area contributed by atoms with Gasteiger partial charge in [0.1, 0.15) is 5.60 Å². The summed E-state index contributed by atoms with van der Waals surface area (Å²) in [6.45, 7) is 5.89. The number of rotatable bonds is 0. The highest BCUT2D eigenvalue weighted by atomic mass is 16.6. The summed E-state index contributed by atoms with van der Waals surface area (Å²) in [5.41, 5.74) is -0.905. The Bertz CT molecular complexity index is 371. The van der Waals surface area contributed by atoms with E-state index in [9.17, 15) is 9.59 Å². The second kappa shape index (κ2) is 3.86. The molecule has 4 nitrogen and oxygen atoms in total. The SMILES string of the molecule is CC(C)(C)OC(=O)N1CCC2(CC=CC2)C1=O. The van der Waals surface area contributed by atoms with E-state index >= 15 is 0 Å². The third-order valence-corrected chi connectivity index (χ3v) is 3.31. The Labute approximate surface area is 102 Å². The highest BCUT2D eigenvalue weighted by Crippen LogP contribution is 2.43. The summed E-state index contributed by atoms with van der Waals surface area (Å²) in [4.78, 5) is 25.4. The molecule has 0 N–H and O–H groups in total. The molecule has 0 aromatic heterocycles. The van der Waals surface area contributed by atoms with Crippen LogP contribution in [0.5, 0.6) is 0 Å². The van der Waals surface area contributed by atoms with E-state index in [0.717, 1.165) is 19.3 Å². The molecule has 0 aromatic rings. The Morgan fingerprint density at radius 2 is 1.94 bits per heavy atom. The number of imide groups is 1. The molecule has 1 aliphatic carbocycles. The van der Waals surface area contributed by atoms with Crippen LogP contribution in [0, 0.1) is 5.41 Å². The van der Waals surface area contributed by atoms with Crippen molar-refractivity contribution in [3.63, 3.8) is 0 Å². The lowest BCUT2D eigenvalue weighted by Crippen LogP contribution is -2.40. The lowest BCUT2D eigenvalue weighted by Gasteiger charge is -2.25. The molecule has 1 saturated heterocycles. The fourth-order valence-corrected chi connectivity index (χ4v) is 2.39. The van der Waals surface area contributed by atoms with Gasteiger partial charge in [0, 0.05) is 6.54 Å². The van der Waals surface area contributed by atoms with Gasteiger partial charge in [0.25, 0.3) is 0 Å². The molecular weight excluding hydrogens is 218 g/mol. The van der Waals surface area contributed by atoms with E-state index in [1.165, 1.54) is 4.90 Å². The number of likely N-dealkylation sites (tertiary alicyclic amines) is 1. The van der Waals surface area contributed by atoms with Crippen LogP contribution in [0.4, 0.5) is 4.79 Å². The zero-order chi connectivity index (χ0) is 12.7. The number of ether oxygens (including phenoxy) is 1. The Morgan fingerprint density at radius 3 is 2.47 bits per heavy atom. The molecule has 1 aliphatic heterocycles. The molecule has 2 rings (SSSR count). The van der Waals surface area contributed by atoms with E-state index in [1.54, 1.807) is 20.8 Å². The predicted octanol–water partition coefficient (Wildman–Crippen LogP) is 2.49. The first kappa shape index (κ1) is 12.1. The zero-order valence-electron chi connectivity index (χ0n) is 10.7. The van der Waals surface area contributed by atoms with Gasteiger partial charge in [-0.25, -0.2) is 9.69 Å². The molecular formula is C13H19NO3. The topological polar surface area (TPSA) is 46.6 Å². The van der Waals surface area contributed by atoms with Gasteiger partial charge in [0.2, 0.25) is 5.91 Å². The first-order chi connectivity index (χ1) is 7.84. The maximum absolute atomic E-state index is 12.2. The number of allylic oxidation sites excluding steroid dienone is 2. The molecule has 94 valence electrons.